The highest BCUT2D eigenvalue weighted by atomic mass is 32.2. The van der Waals surface area contributed by atoms with Gasteiger partial charge in [0.2, 0.25) is 0 Å². The van der Waals surface area contributed by atoms with Gasteiger partial charge in [-0.15, -0.1) is 0 Å². The first kappa shape index (κ1) is 5.71. The zero-order valence-corrected chi connectivity index (χ0v) is 5.95. The summed E-state index contributed by atoms with van der Waals surface area (Å²) in [6.07, 6.45) is 4.23. The van der Waals surface area contributed by atoms with Crippen molar-refractivity contribution in [2.45, 2.75) is 12.8 Å². The largest absolute Gasteiger partial charge is 0.229 e. The van der Waals surface area contributed by atoms with E-state index in [0.717, 1.165) is 12.8 Å². The molecule has 2 rings (SSSR count). The lowest BCUT2D eigenvalue weighted by atomic mass is 9.71. The van der Waals surface area contributed by atoms with Crippen LogP contribution in [0.4, 0.5) is 0 Å². The third-order valence-corrected chi connectivity index (χ3v) is 4.31. The molecule has 1 aliphatic carbocycles. The molecular weight excluding hydrogens is 136 g/mol. The molecule has 1 radical (unpaired) electrons. The van der Waals surface area contributed by atoms with Crippen LogP contribution in [-0.4, -0.2) is 19.9 Å². The highest BCUT2D eigenvalue weighted by molar-refractivity contribution is 7.92. The summed E-state index contributed by atoms with van der Waals surface area (Å²) < 4.78 is 21.4. The molecular formula is C6H9O2S. The predicted molar refractivity (Wildman–Crippen MR) is 34.6 cm³/mol. The Hall–Kier alpha value is -0.0500. The summed E-state index contributed by atoms with van der Waals surface area (Å²) in [5.74, 6) is 0.910. The van der Waals surface area contributed by atoms with E-state index in [9.17, 15) is 8.42 Å². The Morgan fingerprint density at radius 3 is 1.89 bits per heavy atom. The predicted octanol–water partition coefficient (Wildman–Crippen LogP) is 0.399. The molecule has 1 aliphatic heterocycles. The quantitative estimate of drug-likeness (QED) is 0.494. The zero-order valence-electron chi connectivity index (χ0n) is 5.13. The van der Waals surface area contributed by atoms with Crippen LogP contribution in [0.3, 0.4) is 0 Å². The van der Waals surface area contributed by atoms with Crippen molar-refractivity contribution < 1.29 is 8.42 Å². The van der Waals surface area contributed by atoms with Crippen molar-refractivity contribution in [3.63, 3.8) is 0 Å². The number of hydrogen-bond acceptors (Lipinski definition) is 2. The smallest absolute Gasteiger partial charge is 0.151 e. The fraction of sp³-hybridized carbons (Fsp3) is 0.833. The van der Waals surface area contributed by atoms with Crippen LogP contribution >= 0.6 is 0 Å². The average Bonchev–Trinajstić information content (AvgIpc) is 1.54. The van der Waals surface area contributed by atoms with Crippen LogP contribution in [0, 0.1) is 11.8 Å². The molecule has 0 N–H and O–H groups in total. The second-order valence-corrected chi connectivity index (χ2v) is 5.29. The minimum atomic E-state index is -2.57. The van der Waals surface area contributed by atoms with Crippen LogP contribution in [-0.2, 0) is 9.84 Å². The molecule has 1 heterocycles. The Bertz CT molecular complexity index is 209. The minimum Gasteiger partial charge on any atom is -0.229 e. The van der Waals surface area contributed by atoms with Gasteiger partial charge >= 0.3 is 0 Å². The van der Waals surface area contributed by atoms with E-state index in [0.29, 0.717) is 11.5 Å². The van der Waals surface area contributed by atoms with E-state index in [1.54, 1.807) is 0 Å². The van der Waals surface area contributed by atoms with Gasteiger partial charge in [-0.25, -0.2) is 8.42 Å². The summed E-state index contributed by atoms with van der Waals surface area (Å²) in [7, 11) is -2.57. The molecule has 0 atom stereocenters. The van der Waals surface area contributed by atoms with E-state index >= 15 is 0 Å². The zero-order chi connectivity index (χ0) is 6.54. The van der Waals surface area contributed by atoms with Crippen molar-refractivity contribution in [1.29, 1.82) is 0 Å². The number of hydrogen-bond donors (Lipinski definition) is 0. The molecule has 2 fully saturated rings. The average molecular weight is 145 g/mol. The SMILES string of the molecule is O=S1(=O)CC2(C[CH]C2)C1. The first-order valence-corrected chi connectivity index (χ1v) is 4.96. The van der Waals surface area contributed by atoms with E-state index in [4.69, 9.17) is 0 Å². The monoisotopic (exact) mass is 145 g/mol. The van der Waals surface area contributed by atoms with Crippen molar-refractivity contribution >= 4 is 9.84 Å². The van der Waals surface area contributed by atoms with Gasteiger partial charge in [-0.1, -0.05) is 0 Å². The Labute approximate surface area is 55.2 Å². The Morgan fingerprint density at radius 2 is 1.78 bits per heavy atom. The number of rotatable bonds is 0. The standard InChI is InChI=1S/C6H9O2S/c7-9(8)4-6(5-9)2-1-3-6/h1H,2-5H2. The third-order valence-electron chi connectivity index (χ3n) is 2.21. The topological polar surface area (TPSA) is 34.1 Å². The lowest BCUT2D eigenvalue weighted by molar-refractivity contribution is 0.243. The van der Waals surface area contributed by atoms with Gasteiger partial charge in [0.25, 0.3) is 0 Å². The highest BCUT2D eigenvalue weighted by Crippen LogP contribution is 2.48. The van der Waals surface area contributed by atoms with Crippen molar-refractivity contribution in [2.75, 3.05) is 11.5 Å². The van der Waals surface area contributed by atoms with Crippen LogP contribution in [0.25, 0.3) is 0 Å². The normalized spacial score (nSPS) is 35.1. The van der Waals surface area contributed by atoms with Crippen LogP contribution in [0.15, 0.2) is 0 Å². The maximum atomic E-state index is 10.7. The van der Waals surface area contributed by atoms with E-state index in [2.05, 4.69) is 6.42 Å². The lowest BCUT2D eigenvalue weighted by Crippen LogP contribution is -2.52. The van der Waals surface area contributed by atoms with Crippen molar-refractivity contribution in [3.8, 4) is 0 Å². The highest BCUT2D eigenvalue weighted by Gasteiger charge is 2.51. The molecule has 0 unspecified atom stereocenters. The van der Waals surface area contributed by atoms with E-state index in [1.165, 1.54) is 0 Å². The minimum absolute atomic E-state index is 0.235. The van der Waals surface area contributed by atoms with Crippen LogP contribution in [0.2, 0.25) is 0 Å². The molecule has 0 aromatic carbocycles. The molecule has 0 amide bonds. The Balaban J connectivity index is 2.12. The summed E-state index contributed by atoms with van der Waals surface area (Å²) in [5.41, 5.74) is 0.235. The summed E-state index contributed by atoms with van der Waals surface area (Å²) in [6.45, 7) is 0. The van der Waals surface area contributed by atoms with Crippen LogP contribution in [0.5, 0.6) is 0 Å². The van der Waals surface area contributed by atoms with Gasteiger partial charge in [0.05, 0.1) is 11.5 Å². The lowest BCUT2D eigenvalue weighted by Gasteiger charge is -2.48. The second kappa shape index (κ2) is 1.34. The van der Waals surface area contributed by atoms with E-state index in [1.807, 2.05) is 0 Å². The molecule has 0 aromatic heterocycles. The van der Waals surface area contributed by atoms with Gasteiger partial charge in [-0.3, -0.25) is 0 Å². The summed E-state index contributed by atoms with van der Waals surface area (Å²) >= 11 is 0. The van der Waals surface area contributed by atoms with Gasteiger partial charge in [0.1, 0.15) is 0 Å². The molecule has 0 aromatic rings. The van der Waals surface area contributed by atoms with Crippen LogP contribution in [0.1, 0.15) is 12.8 Å². The fourth-order valence-corrected chi connectivity index (χ4v) is 3.93. The fourth-order valence-electron chi connectivity index (χ4n) is 1.68. The van der Waals surface area contributed by atoms with Gasteiger partial charge < -0.3 is 0 Å². The molecule has 2 aliphatic rings. The number of sulfone groups is 1. The molecule has 1 spiro atoms. The Kier molecular flexibility index (Phi) is 0.849. The molecule has 51 valence electrons. The summed E-state index contributed by atoms with van der Waals surface area (Å²) in [4.78, 5) is 0. The van der Waals surface area contributed by atoms with Crippen molar-refractivity contribution in [2.24, 2.45) is 5.41 Å². The first-order chi connectivity index (χ1) is 4.12. The Morgan fingerprint density at radius 1 is 1.22 bits per heavy atom. The first-order valence-electron chi connectivity index (χ1n) is 3.14. The van der Waals surface area contributed by atoms with Gasteiger partial charge in [-0.05, 0) is 24.7 Å². The van der Waals surface area contributed by atoms with Gasteiger partial charge in [0, 0.05) is 0 Å². The van der Waals surface area contributed by atoms with E-state index < -0.39 is 9.84 Å². The van der Waals surface area contributed by atoms with E-state index in [-0.39, 0.29) is 5.41 Å². The third kappa shape index (κ3) is 0.707. The summed E-state index contributed by atoms with van der Waals surface area (Å²) in [5, 5.41) is 0. The molecule has 9 heavy (non-hydrogen) atoms. The van der Waals surface area contributed by atoms with Gasteiger partial charge in [-0.2, -0.15) is 0 Å². The van der Waals surface area contributed by atoms with Crippen LogP contribution < -0.4 is 0 Å². The molecule has 1 saturated heterocycles. The molecule has 2 nitrogen and oxygen atoms in total. The summed E-state index contributed by atoms with van der Waals surface area (Å²) in [6, 6.07) is 0. The maximum Gasteiger partial charge on any atom is 0.151 e. The van der Waals surface area contributed by atoms with Gasteiger partial charge in [0.15, 0.2) is 9.84 Å². The molecule has 0 bridgehead atoms. The molecule has 1 saturated carbocycles. The molecule has 3 heteroatoms. The van der Waals surface area contributed by atoms with Crippen molar-refractivity contribution in [3.05, 3.63) is 6.42 Å². The second-order valence-electron chi connectivity index (χ2n) is 3.23. The maximum absolute atomic E-state index is 10.7. The van der Waals surface area contributed by atoms with Crippen molar-refractivity contribution in [1.82, 2.24) is 0 Å².